The van der Waals surface area contributed by atoms with Crippen LogP contribution < -0.4 is 4.74 Å². The van der Waals surface area contributed by atoms with E-state index in [9.17, 15) is 12.8 Å². The number of fused-ring (bicyclic) bond motifs is 1. The van der Waals surface area contributed by atoms with Crippen molar-refractivity contribution in [3.63, 3.8) is 0 Å². The van der Waals surface area contributed by atoms with Gasteiger partial charge in [0, 0.05) is 16.2 Å². The van der Waals surface area contributed by atoms with E-state index in [2.05, 4.69) is 0 Å². The van der Waals surface area contributed by atoms with Crippen LogP contribution in [0.3, 0.4) is 0 Å². The van der Waals surface area contributed by atoms with Crippen molar-refractivity contribution >= 4 is 25.8 Å². The molecule has 1 heterocycles. The van der Waals surface area contributed by atoms with Crippen LogP contribution >= 0.6 is 10.7 Å². The summed E-state index contributed by atoms with van der Waals surface area (Å²) in [7, 11) is 1.35. The monoisotopic (exact) mass is 248 g/mol. The normalized spacial score (nSPS) is 15.2. The van der Waals surface area contributed by atoms with Gasteiger partial charge in [0.2, 0.25) is 0 Å². The molecule has 1 aliphatic rings. The lowest BCUT2D eigenvalue weighted by Crippen LogP contribution is -2.11. The molecule has 15 heavy (non-hydrogen) atoms. The van der Waals surface area contributed by atoms with Crippen LogP contribution in [0.15, 0.2) is 23.1 Å². The van der Waals surface area contributed by atoms with Crippen molar-refractivity contribution in [3.05, 3.63) is 34.5 Å². The zero-order chi connectivity index (χ0) is 11.1. The van der Waals surface area contributed by atoms with E-state index in [0.29, 0.717) is 11.3 Å². The first kappa shape index (κ1) is 10.4. The van der Waals surface area contributed by atoms with Crippen LogP contribution in [0.1, 0.15) is 5.56 Å². The molecule has 0 bridgehead atoms. The van der Waals surface area contributed by atoms with Crippen LogP contribution in [0, 0.1) is 5.82 Å². The van der Waals surface area contributed by atoms with E-state index in [0.717, 1.165) is 0 Å². The second-order valence-electron chi connectivity index (χ2n) is 3.02. The van der Waals surface area contributed by atoms with Crippen molar-refractivity contribution in [3.8, 4) is 5.75 Å². The Morgan fingerprint density at radius 3 is 2.80 bits per heavy atom. The molecule has 80 valence electrons. The predicted octanol–water partition coefficient (Wildman–Crippen LogP) is 2.13. The highest BCUT2D eigenvalue weighted by molar-refractivity contribution is 8.17. The minimum Gasteiger partial charge on any atom is -0.487 e. The molecule has 6 heteroatoms. The summed E-state index contributed by atoms with van der Waals surface area (Å²) in [6.07, 6.45) is 1.31. The molecule has 0 spiro atoms. The molecule has 0 aliphatic carbocycles. The highest BCUT2D eigenvalue weighted by Gasteiger charge is 2.20. The summed E-state index contributed by atoms with van der Waals surface area (Å²) in [6.45, 7) is -0.121. The van der Waals surface area contributed by atoms with Gasteiger partial charge in [0.1, 0.15) is 18.2 Å². The maximum absolute atomic E-state index is 12.9. The van der Waals surface area contributed by atoms with Gasteiger partial charge in [-0.3, -0.25) is 0 Å². The Balaban J connectivity index is 2.54. The number of benzene rings is 1. The number of hydrogen-bond acceptors (Lipinski definition) is 3. The van der Waals surface area contributed by atoms with Gasteiger partial charge in [-0.15, -0.1) is 0 Å². The third kappa shape index (κ3) is 2.13. The average Bonchev–Trinajstić information content (AvgIpc) is 2.15. The third-order valence-corrected chi connectivity index (χ3v) is 3.43. The first-order chi connectivity index (χ1) is 6.97. The predicted molar refractivity (Wildman–Crippen MR) is 54.6 cm³/mol. The lowest BCUT2D eigenvalue weighted by atomic mass is 10.1. The zero-order valence-electron chi connectivity index (χ0n) is 7.41. The molecule has 0 aromatic heterocycles. The average molecular weight is 249 g/mol. The van der Waals surface area contributed by atoms with E-state index in [1.54, 1.807) is 0 Å². The number of hydrogen-bond donors (Lipinski definition) is 0. The Labute approximate surface area is 90.5 Å². The Morgan fingerprint density at radius 2 is 2.13 bits per heavy atom. The SMILES string of the molecule is O=S(=O)(Cl)C1=Cc2cc(F)ccc2OC1. The molecule has 2 rings (SSSR count). The Bertz CT molecular complexity index is 536. The summed E-state index contributed by atoms with van der Waals surface area (Å²) < 4.78 is 40.0. The number of ether oxygens (including phenoxy) is 1. The fraction of sp³-hybridized carbons (Fsp3) is 0.111. The van der Waals surface area contributed by atoms with Crippen LogP contribution in [0.25, 0.3) is 6.08 Å². The Morgan fingerprint density at radius 1 is 1.40 bits per heavy atom. The zero-order valence-corrected chi connectivity index (χ0v) is 8.98. The van der Waals surface area contributed by atoms with Gasteiger partial charge in [-0.2, -0.15) is 0 Å². The molecule has 0 radical (unpaired) electrons. The summed E-state index contributed by atoms with van der Waals surface area (Å²) in [5, 5.41) is 0. The molecule has 0 saturated heterocycles. The molecular formula is C9H6ClFO3S. The molecule has 0 atom stereocenters. The smallest absolute Gasteiger partial charge is 0.260 e. The van der Waals surface area contributed by atoms with Crippen LogP contribution in [-0.4, -0.2) is 15.0 Å². The van der Waals surface area contributed by atoms with Gasteiger partial charge in [-0.1, -0.05) is 0 Å². The van der Waals surface area contributed by atoms with E-state index in [1.807, 2.05) is 0 Å². The minimum atomic E-state index is -3.80. The maximum atomic E-state index is 12.9. The van der Waals surface area contributed by atoms with Gasteiger partial charge in [-0.05, 0) is 24.3 Å². The standard InChI is InChI=1S/C9H6ClFO3S/c10-15(12,13)8-4-6-3-7(11)1-2-9(6)14-5-8/h1-4H,5H2. The van der Waals surface area contributed by atoms with E-state index >= 15 is 0 Å². The lowest BCUT2D eigenvalue weighted by molar-refractivity contribution is 0.353. The molecule has 0 amide bonds. The van der Waals surface area contributed by atoms with Crippen LogP contribution in [-0.2, 0) is 9.05 Å². The number of halogens is 2. The first-order valence-corrected chi connectivity index (χ1v) is 6.35. The third-order valence-electron chi connectivity index (χ3n) is 1.97. The summed E-state index contributed by atoms with van der Waals surface area (Å²) in [4.78, 5) is -0.0673. The van der Waals surface area contributed by atoms with Gasteiger partial charge < -0.3 is 4.74 Å². The fourth-order valence-corrected chi connectivity index (χ4v) is 2.00. The van der Waals surface area contributed by atoms with E-state index in [-0.39, 0.29) is 11.5 Å². The molecule has 0 saturated carbocycles. The van der Waals surface area contributed by atoms with Gasteiger partial charge in [-0.25, -0.2) is 12.8 Å². The van der Waals surface area contributed by atoms with E-state index in [1.165, 1.54) is 24.3 Å². The van der Waals surface area contributed by atoms with Crippen LogP contribution in [0.4, 0.5) is 4.39 Å². The molecule has 1 aliphatic heterocycles. The van der Waals surface area contributed by atoms with Gasteiger partial charge in [0.25, 0.3) is 9.05 Å². The van der Waals surface area contributed by atoms with E-state index in [4.69, 9.17) is 15.4 Å². The summed E-state index contributed by atoms with van der Waals surface area (Å²) in [5.41, 5.74) is 0.375. The highest BCUT2D eigenvalue weighted by Crippen LogP contribution is 2.29. The van der Waals surface area contributed by atoms with Crippen LogP contribution in [0.5, 0.6) is 5.75 Å². The lowest BCUT2D eigenvalue weighted by Gasteiger charge is -2.15. The molecule has 0 fully saturated rings. The van der Waals surface area contributed by atoms with E-state index < -0.39 is 14.9 Å². The highest BCUT2D eigenvalue weighted by atomic mass is 35.7. The topological polar surface area (TPSA) is 43.4 Å². The summed E-state index contributed by atoms with van der Waals surface area (Å²) >= 11 is 0. The fourth-order valence-electron chi connectivity index (χ4n) is 1.27. The second kappa shape index (κ2) is 3.50. The molecule has 1 aromatic carbocycles. The molecule has 0 N–H and O–H groups in total. The Kier molecular flexibility index (Phi) is 2.44. The van der Waals surface area contributed by atoms with Crippen molar-refractivity contribution in [2.45, 2.75) is 0 Å². The minimum absolute atomic E-state index is 0.0673. The van der Waals surface area contributed by atoms with Gasteiger partial charge in [0.15, 0.2) is 0 Å². The van der Waals surface area contributed by atoms with Crippen LogP contribution in [0.2, 0.25) is 0 Å². The van der Waals surface area contributed by atoms with Gasteiger partial charge >= 0.3 is 0 Å². The van der Waals surface area contributed by atoms with Crippen molar-refractivity contribution in [2.75, 3.05) is 6.61 Å². The molecular weight excluding hydrogens is 243 g/mol. The first-order valence-electron chi connectivity index (χ1n) is 4.04. The molecule has 3 nitrogen and oxygen atoms in total. The second-order valence-corrected chi connectivity index (χ2v) is 5.64. The largest absolute Gasteiger partial charge is 0.487 e. The molecule has 0 unspecified atom stereocenters. The Hall–Kier alpha value is -1.07. The van der Waals surface area contributed by atoms with Gasteiger partial charge in [0.05, 0.1) is 4.91 Å². The summed E-state index contributed by atoms with van der Waals surface area (Å²) in [6, 6.07) is 3.88. The van der Waals surface area contributed by atoms with Crippen molar-refractivity contribution < 1.29 is 17.5 Å². The van der Waals surface area contributed by atoms with Crippen molar-refractivity contribution in [2.24, 2.45) is 0 Å². The summed E-state index contributed by atoms with van der Waals surface area (Å²) in [5.74, 6) is -0.0118. The number of rotatable bonds is 1. The van der Waals surface area contributed by atoms with Crippen molar-refractivity contribution in [1.82, 2.24) is 0 Å². The van der Waals surface area contributed by atoms with Crippen molar-refractivity contribution in [1.29, 1.82) is 0 Å². The maximum Gasteiger partial charge on any atom is 0.260 e. The quantitative estimate of drug-likeness (QED) is 0.715. The molecule has 1 aromatic rings.